The molecular formula is C6H3BrN2OS. The Hall–Kier alpha value is -0.860. The van der Waals surface area contributed by atoms with E-state index in [4.69, 9.17) is 11.0 Å². The smallest absolute Gasteiger partial charge is 0.161 e. The molecule has 0 fully saturated rings. The molecule has 0 saturated heterocycles. The van der Waals surface area contributed by atoms with Crippen LogP contribution < -0.4 is 5.73 Å². The fourth-order valence-electron chi connectivity index (χ4n) is 0.626. The molecule has 0 aromatic carbocycles. The molecule has 0 spiro atoms. The average molecular weight is 231 g/mol. The van der Waals surface area contributed by atoms with E-state index in [1.54, 1.807) is 0 Å². The molecule has 0 amide bonds. The van der Waals surface area contributed by atoms with Gasteiger partial charge >= 0.3 is 0 Å². The molecule has 1 aromatic heterocycles. The van der Waals surface area contributed by atoms with Crippen molar-refractivity contribution < 1.29 is 4.79 Å². The maximum Gasteiger partial charge on any atom is 0.161 e. The monoisotopic (exact) mass is 230 g/mol. The van der Waals surface area contributed by atoms with Gasteiger partial charge in [0.15, 0.2) is 6.29 Å². The van der Waals surface area contributed by atoms with Crippen molar-refractivity contribution in [3.05, 3.63) is 14.9 Å². The minimum absolute atomic E-state index is 0.345. The summed E-state index contributed by atoms with van der Waals surface area (Å²) >= 11 is 4.20. The lowest BCUT2D eigenvalue weighted by Gasteiger charge is -1.83. The quantitative estimate of drug-likeness (QED) is 0.749. The second-order valence-electron chi connectivity index (χ2n) is 1.75. The summed E-state index contributed by atoms with van der Waals surface area (Å²) in [6.07, 6.45) is 0.673. The lowest BCUT2D eigenvalue weighted by Crippen LogP contribution is -1.81. The summed E-state index contributed by atoms with van der Waals surface area (Å²) in [6.45, 7) is 0. The first-order chi connectivity index (χ1) is 5.20. The summed E-state index contributed by atoms with van der Waals surface area (Å²) in [5.41, 5.74) is 5.78. The van der Waals surface area contributed by atoms with E-state index >= 15 is 0 Å². The van der Waals surface area contributed by atoms with E-state index in [0.717, 1.165) is 11.3 Å². The van der Waals surface area contributed by atoms with Gasteiger partial charge in [-0.15, -0.1) is 11.3 Å². The molecule has 3 nitrogen and oxygen atoms in total. The lowest BCUT2D eigenvalue weighted by molar-refractivity contribution is 0.112. The zero-order valence-corrected chi connectivity index (χ0v) is 7.70. The minimum atomic E-state index is 0.345. The molecule has 2 N–H and O–H groups in total. The summed E-state index contributed by atoms with van der Waals surface area (Å²) in [6, 6.07) is 1.90. The molecule has 0 radical (unpaired) electrons. The normalized spacial score (nSPS) is 9.09. The Morgan fingerprint density at radius 1 is 1.73 bits per heavy atom. The van der Waals surface area contributed by atoms with Crippen LogP contribution in [0.3, 0.4) is 0 Å². The topological polar surface area (TPSA) is 66.9 Å². The Morgan fingerprint density at radius 2 is 2.36 bits per heavy atom. The summed E-state index contributed by atoms with van der Waals surface area (Å²) in [7, 11) is 0. The van der Waals surface area contributed by atoms with Gasteiger partial charge in [-0.25, -0.2) is 0 Å². The van der Waals surface area contributed by atoms with E-state index in [1.807, 2.05) is 6.07 Å². The Kier molecular flexibility index (Phi) is 2.27. The van der Waals surface area contributed by atoms with Gasteiger partial charge in [0.2, 0.25) is 0 Å². The van der Waals surface area contributed by atoms with E-state index in [9.17, 15) is 4.79 Å². The van der Waals surface area contributed by atoms with Gasteiger partial charge in [0.25, 0.3) is 0 Å². The Bertz CT molecular complexity index is 339. The first-order valence-electron chi connectivity index (χ1n) is 2.63. The van der Waals surface area contributed by atoms with Crippen molar-refractivity contribution in [1.82, 2.24) is 0 Å². The highest BCUT2D eigenvalue weighted by Crippen LogP contribution is 2.33. The van der Waals surface area contributed by atoms with Gasteiger partial charge in [0, 0.05) is 0 Å². The number of nitrogen functional groups attached to an aromatic ring is 1. The number of nitrogens with two attached hydrogens (primary N) is 1. The van der Waals surface area contributed by atoms with E-state index in [-0.39, 0.29) is 0 Å². The third-order valence-electron chi connectivity index (χ3n) is 1.12. The van der Waals surface area contributed by atoms with Crippen molar-refractivity contribution >= 4 is 38.6 Å². The molecule has 0 unspecified atom stereocenters. The lowest BCUT2D eigenvalue weighted by atomic mass is 10.3. The third-order valence-corrected chi connectivity index (χ3v) is 3.15. The van der Waals surface area contributed by atoms with Crippen LogP contribution in [0.2, 0.25) is 0 Å². The highest BCUT2D eigenvalue weighted by Gasteiger charge is 2.12. The molecule has 5 heteroatoms. The molecule has 0 aliphatic carbocycles. The van der Waals surface area contributed by atoms with Gasteiger partial charge in [-0.1, -0.05) is 0 Å². The molecular weight excluding hydrogens is 228 g/mol. The Balaban J connectivity index is 3.39. The van der Waals surface area contributed by atoms with Gasteiger partial charge in [0.1, 0.15) is 16.6 Å². The number of hydrogen-bond donors (Lipinski definition) is 1. The summed E-state index contributed by atoms with van der Waals surface area (Å²) in [5.74, 6) is 0. The van der Waals surface area contributed by atoms with Crippen LogP contribution in [0.25, 0.3) is 0 Å². The molecule has 56 valence electrons. The van der Waals surface area contributed by atoms with Crippen LogP contribution in [-0.4, -0.2) is 6.29 Å². The zero-order valence-electron chi connectivity index (χ0n) is 5.30. The number of nitrogens with zero attached hydrogens (tertiary/aromatic N) is 1. The first kappa shape index (κ1) is 8.24. The number of halogens is 1. The van der Waals surface area contributed by atoms with Crippen LogP contribution in [0.15, 0.2) is 4.47 Å². The van der Waals surface area contributed by atoms with E-state index in [0.29, 0.717) is 26.2 Å². The molecule has 0 aliphatic heterocycles. The minimum Gasteiger partial charge on any atom is -0.389 e. The third kappa shape index (κ3) is 1.27. The molecule has 0 saturated carbocycles. The van der Waals surface area contributed by atoms with Gasteiger partial charge in [0.05, 0.1) is 9.35 Å². The molecule has 1 heterocycles. The fraction of sp³-hybridized carbons (Fsp3) is 0. The van der Waals surface area contributed by atoms with Crippen molar-refractivity contribution in [2.45, 2.75) is 0 Å². The van der Waals surface area contributed by atoms with Crippen LogP contribution in [0.5, 0.6) is 0 Å². The van der Waals surface area contributed by atoms with Crippen molar-refractivity contribution in [1.29, 1.82) is 5.26 Å². The van der Waals surface area contributed by atoms with Gasteiger partial charge in [-0.3, -0.25) is 4.79 Å². The standard InChI is InChI=1S/C6H3BrN2OS/c7-5-3(1-8)6(9)11-4(5)2-10/h2H,9H2. The second-order valence-corrected chi connectivity index (χ2v) is 3.63. The molecule has 1 rings (SSSR count). The maximum atomic E-state index is 10.3. The first-order valence-corrected chi connectivity index (χ1v) is 4.24. The highest BCUT2D eigenvalue weighted by atomic mass is 79.9. The van der Waals surface area contributed by atoms with Crippen molar-refractivity contribution in [2.75, 3.05) is 5.73 Å². The van der Waals surface area contributed by atoms with E-state index in [2.05, 4.69) is 15.9 Å². The number of hydrogen-bond acceptors (Lipinski definition) is 4. The number of aldehydes is 1. The molecule has 0 bridgehead atoms. The largest absolute Gasteiger partial charge is 0.389 e. The number of thiophene rings is 1. The number of anilines is 1. The van der Waals surface area contributed by atoms with Crippen molar-refractivity contribution in [3.8, 4) is 6.07 Å². The number of nitriles is 1. The fourth-order valence-corrected chi connectivity index (χ4v) is 2.12. The SMILES string of the molecule is N#Cc1c(N)sc(C=O)c1Br. The summed E-state index contributed by atoms with van der Waals surface area (Å²) in [4.78, 5) is 10.8. The number of rotatable bonds is 1. The number of carbonyl (C=O) groups is 1. The van der Waals surface area contributed by atoms with Crippen molar-refractivity contribution in [2.24, 2.45) is 0 Å². The Morgan fingerprint density at radius 3 is 2.64 bits per heavy atom. The van der Waals surface area contributed by atoms with Crippen LogP contribution in [-0.2, 0) is 0 Å². The second kappa shape index (κ2) is 3.03. The van der Waals surface area contributed by atoms with E-state index < -0.39 is 0 Å². The van der Waals surface area contributed by atoms with Crippen LogP contribution in [0, 0.1) is 11.3 Å². The van der Waals surface area contributed by atoms with Gasteiger partial charge in [-0.05, 0) is 15.9 Å². The molecule has 11 heavy (non-hydrogen) atoms. The Labute approximate surface area is 75.6 Å². The predicted octanol–water partition coefficient (Wildman–Crippen LogP) is 1.78. The van der Waals surface area contributed by atoms with Gasteiger partial charge in [-0.2, -0.15) is 5.26 Å². The van der Waals surface area contributed by atoms with Crippen LogP contribution in [0.4, 0.5) is 5.00 Å². The maximum absolute atomic E-state index is 10.3. The number of carbonyl (C=O) groups excluding carboxylic acids is 1. The summed E-state index contributed by atoms with van der Waals surface area (Å²) in [5, 5.41) is 8.92. The average Bonchev–Trinajstić information content (AvgIpc) is 2.26. The molecule has 0 aliphatic rings. The van der Waals surface area contributed by atoms with Crippen LogP contribution in [0.1, 0.15) is 15.2 Å². The van der Waals surface area contributed by atoms with Crippen LogP contribution >= 0.6 is 27.3 Å². The molecule has 1 aromatic rings. The highest BCUT2D eigenvalue weighted by molar-refractivity contribution is 9.10. The molecule has 0 atom stereocenters. The van der Waals surface area contributed by atoms with Gasteiger partial charge < -0.3 is 5.73 Å². The predicted molar refractivity (Wildman–Crippen MR) is 46.5 cm³/mol. The van der Waals surface area contributed by atoms with Crippen molar-refractivity contribution in [3.63, 3.8) is 0 Å². The summed E-state index contributed by atoms with van der Waals surface area (Å²) < 4.78 is 0.498. The zero-order chi connectivity index (χ0) is 8.43. The van der Waals surface area contributed by atoms with E-state index in [1.165, 1.54) is 0 Å².